The molecule has 0 aliphatic carbocycles. The third-order valence-corrected chi connectivity index (χ3v) is 4.80. The molecule has 3 aromatic carbocycles. The highest BCUT2D eigenvalue weighted by atomic mass is 35.5. The van der Waals surface area contributed by atoms with E-state index in [0.29, 0.717) is 16.1 Å². The Labute approximate surface area is 155 Å². The van der Waals surface area contributed by atoms with Gasteiger partial charge in [-0.25, -0.2) is 9.38 Å². The Bertz CT molecular complexity index is 990. The molecule has 4 rings (SSSR count). The van der Waals surface area contributed by atoms with E-state index in [1.807, 2.05) is 36.4 Å². The van der Waals surface area contributed by atoms with E-state index in [-0.39, 0.29) is 18.4 Å². The predicted octanol–water partition coefficient (Wildman–Crippen LogP) is 4.73. The molecule has 5 heteroatoms. The smallest absolute Gasteiger partial charge is 0.283 e. The molecule has 0 amide bonds. The van der Waals surface area contributed by atoms with Crippen molar-refractivity contribution < 1.29 is 9.13 Å². The molecule has 1 aliphatic rings. The molecule has 0 spiro atoms. The number of ether oxygens (including phenoxy) is 1. The molecular weight excluding hydrogens is 351 g/mol. The summed E-state index contributed by atoms with van der Waals surface area (Å²) in [6.07, 6.45) is 0. The van der Waals surface area contributed by atoms with Gasteiger partial charge in [0.25, 0.3) is 6.02 Å². The lowest BCUT2D eigenvalue weighted by atomic mass is 9.83. The van der Waals surface area contributed by atoms with Crippen molar-refractivity contribution in [3.05, 3.63) is 94.8 Å². The van der Waals surface area contributed by atoms with E-state index in [0.717, 1.165) is 11.1 Å². The predicted molar refractivity (Wildman–Crippen MR) is 102 cm³/mol. The Kier molecular flexibility index (Phi) is 4.13. The fraction of sp³-hybridized carbons (Fsp3) is 0.0952. The molecule has 1 unspecified atom stereocenters. The van der Waals surface area contributed by atoms with Crippen LogP contribution in [0.4, 0.5) is 4.39 Å². The average molecular weight is 367 g/mol. The molecule has 3 nitrogen and oxygen atoms in total. The van der Waals surface area contributed by atoms with Crippen LogP contribution in [0.15, 0.2) is 77.8 Å². The molecule has 3 aromatic rings. The quantitative estimate of drug-likeness (QED) is 0.728. The summed E-state index contributed by atoms with van der Waals surface area (Å²) in [5.74, 6) is -0.324. The molecule has 0 radical (unpaired) electrons. The molecule has 0 aromatic heterocycles. The van der Waals surface area contributed by atoms with Gasteiger partial charge in [-0.3, -0.25) is 0 Å². The van der Waals surface area contributed by atoms with Crippen LogP contribution >= 0.6 is 11.6 Å². The zero-order valence-electron chi connectivity index (χ0n) is 13.8. The van der Waals surface area contributed by atoms with Gasteiger partial charge in [0, 0.05) is 10.6 Å². The number of rotatable bonds is 3. The van der Waals surface area contributed by atoms with Gasteiger partial charge in [-0.1, -0.05) is 60.1 Å². The van der Waals surface area contributed by atoms with Crippen molar-refractivity contribution in [2.24, 2.45) is 10.7 Å². The summed E-state index contributed by atoms with van der Waals surface area (Å²) in [7, 11) is 0. The number of amidine groups is 1. The Balaban J connectivity index is 1.90. The van der Waals surface area contributed by atoms with Crippen LogP contribution in [0.3, 0.4) is 0 Å². The zero-order valence-corrected chi connectivity index (χ0v) is 14.6. The maximum atomic E-state index is 14.5. The number of hydrogen-bond donors (Lipinski definition) is 1. The van der Waals surface area contributed by atoms with E-state index in [1.165, 1.54) is 6.07 Å². The number of aliphatic imine (C=N–C) groups is 1. The molecule has 1 aliphatic heterocycles. The Hall–Kier alpha value is -2.85. The third-order valence-electron chi connectivity index (χ3n) is 4.56. The van der Waals surface area contributed by atoms with E-state index in [2.05, 4.69) is 4.99 Å². The topological polar surface area (TPSA) is 47.6 Å². The molecular formula is C21H16ClFN2O. The minimum atomic E-state index is -0.799. The Morgan fingerprint density at radius 3 is 2.46 bits per heavy atom. The molecule has 1 atom stereocenters. The van der Waals surface area contributed by atoms with Crippen LogP contribution in [-0.2, 0) is 10.3 Å². The van der Waals surface area contributed by atoms with Crippen molar-refractivity contribution in [1.82, 2.24) is 0 Å². The zero-order chi connectivity index (χ0) is 18.1. The van der Waals surface area contributed by atoms with Gasteiger partial charge in [0.15, 0.2) is 5.54 Å². The standard InChI is InChI=1S/C21H16ClFN2O/c22-17-8-4-5-14(11-17)18-12-16(9-10-19(18)23)21(13-26-20(24)25-21)15-6-2-1-3-7-15/h1-12H,13H2,(H2,24,25). The van der Waals surface area contributed by atoms with Gasteiger partial charge in [0.05, 0.1) is 0 Å². The maximum absolute atomic E-state index is 14.5. The monoisotopic (exact) mass is 366 g/mol. The highest BCUT2D eigenvalue weighted by molar-refractivity contribution is 6.30. The normalized spacial score (nSPS) is 19.1. The number of benzene rings is 3. The molecule has 0 bridgehead atoms. The molecule has 0 saturated heterocycles. The Morgan fingerprint density at radius 2 is 1.77 bits per heavy atom. The average Bonchev–Trinajstić information content (AvgIpc) is 3.06. The van der Waals surface area contributed by atoms with Crippen molar-refractivity contribution in [2.75, 3.05) is 6.61 Å². The highest BCUT2D eigenvalue weighted by Crippen LogP contribution is 2.39. The summed E-state index contributed by atoms with van der Waals surface area (Å²) in [5.41, 5.74) is 7.93. The molecule has 130 valence electrons. The lowest BCUT2D eigenvalue weighted by Crippen LogP contribution is -2.27. The second-order valence-corrected chi connectivity index (χ2v) is 6.61. The number of nitrogens with zero attached hydrogens (tertiary/aromatic N) is 1. The van der Waals surface area contributed by atoms with Crippen LogP contribution in [0.2, 0.25) is 5.02 Å². The molecule has 26 heavy (non-hydrogen) atoms. The number of hydrogen-bond acceptors (Lipinski definition) is 3. The maximum Gasteiger partial charge on any atom is 0.283 e. The van der Waals surface area contributed by atoms with Gasteiger partial charge < -0.3 is 10.5 Å². The van der Waals surface area contributed by atoms with E-state index in [1.54, 1.807) is 30.3 Å². The molecule has 0 fully saturated rings. The minimum absolute atomic E-state index is 0.127. The van der Waals surface area contributed by atoms with Crippen LogP contribution in [0, 0.1) is 5.82 Å². The summed E-state index contributed by atoms with van der Waals surface area (Å²) < 4.78 is 20.0. The molecule has 1 heterocycles. The van der Waals surface area contributed by atoms with E-state index in [4.69, 9.17) is 22.1 Å². The van der Waals surface area contributed by atoms with Crippen LogP contribution in [0.25, 0.3) is 11.1 Å². The van der Waals surface area contributed by atoms with Crippen molar-refractivity contribution in [3.63, 3.8) is 0 Å². The van der Waals surface area contributed by atoms with Crippen molar-refractivity contribution >= 4 is 17.6 Å². The minimum Gasteiger partial charge on any atom is -0.462 e. The van der Waals surface area contributed by atoms with E-state index in [9.17, 15) is 4.39 Å². The van der Waals surface area contributed by atoms with Gasteiger partial charge in [0.1, 0.15) is 12.4 Å². The van der Waals surface area contributed by atoms with Crippen LogP contribution in [0.1, 0.15) is 11.1 Å². The number of halogens is 2. The summed E-state index contributed by atoms with van der Waals surface area (Å²) in [6, 6.07) is 21.9. The first-order valence-electron chi connectivity index (χ1n) is 8.18. The van der Waals surface area contributed by atoms with Gasteiger partial charge in [-0.05, 0) is 41.0 Å². The van der Waals surface area contributed by atoms with Crippen molar-refractivity contribution in [1.29, 1.82) is 0 Å². The second-order valence-electron chi connectivity index (χ2n) is 6.17. The molecule has 0 saturated carbocycles. The Morgan fingerprint density at radius 1 is 0.962 bits per heavy atom. The summed E-state index contributed by atoms with van der Waals surface area (Å²) in [4.78, 5) is 4.57. The fourth-order valence-corrected chi connectivity index (χ4v) is 3.46. The van der Waals surface area contributed by atoms with Gasteiger partial charge in [0.2, 0.25) is 0 Å². The van der Waals surface area contributed by atoms with E-state index >= 15 is 0 Å². The fourth-order valence-electron chi connectivity index (χ4n) is 3.27. The lowest BCUT2D eigenvalue weighted by Gasteiger charge is -2.26. The van der Waals surface area contributed by atoms with Crippen molar-refractivity contribution in [2.45, 2.75) is 5.54 Å². The first-order valence-corrected chi connectivity index (χ1v) is 8.56. The van der Waals surface area contributed by atoms with Gasteiger partial charge in [-0.15, -0.1) is 0 Å². The van der Waals surface area contributed by atoms with Gasteiger partial charge >= 0.3 is 0 Å². The van der Waals surface area contributed by atoms with Crippen LogP contribution in [-0.4, -0.2) is 12.6 Å². The van der Waals surface area contributed by atoms with Gasteiger partial charge in [-0.2, -0.15) is 0 Å². The highest BCUT2D eigenvalue weighted by Gasteiger charge is 2.40. The summed E-state index contributed by atoms with van der Waals surface area (Å²) in [5, 5.41) is 0.552. The van der Waals surface area contributed by atoms with Crippen molar-refractivity contribution in [3.8, 4) is 11.1 Å². The first-order chi connectivity index (χ1) is 12.6. The first kappa shape index (κ1) is 16.6. The summed E-state index contributed by atoms with van der Waals surface area (Å²) in [6.45, 7) is 0.267. The summed E-state index contributed by atoms with van der Waals surface area (Å²) >= 11 is 6.08. The largest absolute Gasteiger partial charge is 0.462 e. The van der Waals surface area contributed by atoms with Crippen LogP contribution in [0.5, 0.6) is 0 Å². The number of nitrogens with two attached hydrogens (primary N) is 1. The lowest BCUT2D eigenvalue weighted by molar-refractivity contribution is 0.278. The SMILES string of the molecule is NC1=NC(c2ccccc2)(c2ccc(F)c(-c3cccc(Cl)c3)c2)CO1. The molecule has 2 N–H and O–H groups in total. The van der Waals surface area contributed by atoms with Crippen LogP contribution < -0.4 is 5.73 Å². The third kappa shape index (κ3) is 2.82. The second kappa shape index (κ2) is 6.46. The van der Waals surface area contributed by atoms with E-state index < -0.39 is 5.54 Å².